The van der Waals surface area contributed by atoms with Crippen molar-refractivity contribution in [3.63, 3.8) is 0 Å². The quantitative estimate of drug-likeness (QED) is 0.852. The first-order valence-corrected chi connectivity index (χ1v) is 7.36. The summed E-state index contributed by atoms with van der Waals surface area (Å²) >= 11 is 8.83. The lowest BCUT2D eigenvalue weighted by molar-refractivity contribution is 0.0693. The molecule has 104 valence electrons. The number of phenols is 1. The van der Waals surface area contributed by atoms with Gasteiger partial charge < -0.3 is 19.5 Å². The Kier molecular flexibility index (Phi) is 5.01. The van der Waals surface area contributed by atoms with Crippen LogP contribution >= 0.6 is 28.1 Å². The minimum atomic E-state index is 0.107. The fourth-order valence-electron chi connectivity index (χ4n) is 1.91. The van der Waals surface area contributed by atoms with Crippen molar-refractivity contribution in [1.29, 1.82) is 0 Å². The highest BCUT2D eigenvalue weighted by Gasteiger charge is 2.18. The van der Waals surface area contributed by atoms with Crippen LogP contribution in [0.1, 0.15) is 12.5 Å². The summed E-state index contributed by atoms with van der Waals surface area (Å²) in [6.45, 7) is 5.34. The summed E-state index contributed by atoms with van der Waals surface area (Å²) in [5, 5.41) is 9.90. The third-order valence-electron chi connectivity index (χ3n) is 2.87. The summed E-state index contributed by atoms with van der Waals surface area (Å²) in [6.07, 6.45) is 0. The zero-order valence-corrected chi connectivity index (χ0v) is 13.1. The van der Waals surface area contributed by atoms with Crippen molar-refractivity contribution in [1.82, 2.24) is 4.90 Å². The van der Waals surface area contributed by atoms with E-state index in [1.165, 1.54) is 0 Å². The van der Waals surface area contributed by atoms with Gasteiger partial charge in [-0.2, -0.15) is 0 Å². The number of hydrogen-bond donors (Lipinski definition) is 1. The van der Waals surface area contributed by atoms with Crippen LogP contribution in [0.25, 0.3) is 0 Å². The minimum absolute atomic E-state index is 0.107. The van der Waals surface area contributed by atoms with Gasteiger partial charge in [0.1, 0.15) is 4.99 Å². The zero-order valence-electron chi connectivity index (χ0n) is 10.7. The molecule has 1 aromatic rings. The molecule has 19 heavy (non-hydrogen) atoms. The third-order valence-corrected chi connectivity index (χ3v) is 3.97. The Balaban J connectivity index is 2.25. The first-order chi connectivity index (χ1) is 9.13. The first-order valence-electron chi connectivity index (χ1n) is 6.15. The second-order valence-corrected chi connectivity index (χ2v) is 5.38. The predicted molar refractivity (Wildman–Crippen MR) is 81.1 cm³/mol. The number of halogens is 1. The molecule has 1 N–H and O–H groups in total. The molecule has 1 heterocycles. The lowest BCUT2D eigenvalue weighted by Crippen LogP contribution is -2.40. The molecule has 1 fully saturated rings. The molecule has 1 saturated heterocycles. The second-order valence-electron chi connectivity index (χ2n) is 4.14. The molecule has 0 aliphatic carbocycles. The molecule has 0 atom stereocenters. The van der Waals surface area contributed by atoms with Crippen LogP contribution in [0.15, 0.2) is 16.6 Å². The maximum absolute atomic E-state index is 9.90. The molecule has 0 radical (unpaired) electrons. The Labute approximate surface area is 126 Å². The molecule has 1 aromatic carbocycles. The van der Waals surface area contributed by atoms with Crippen molar-refractivity contribution in [2.24, 2.45) is 0 Å². The normalized spacial score (nSPS) is 15.4. The van der Waals surface area contributed by atoms with Gasteiger partial charge in [0.25, 0.3) is 0 Å². The zero-order chi connectivity index (χ0) is 13.8. The van der Waals surface area contributed by atoms with Crippen LogP contribution in [0.4, 0.5) is 0 Å². The molecule has 2 rings (SSSR count). The van der Waals surface area contributed by atoms with Crippen molar-refractivity contribution >= 4 is 33.1 Å². The maximum Gasteiger partial charge on any atom is 0.172 e. The molecule has 6 heteroatoms. The lowest BCUT2D eigenvalue weighted by Gasteiger charge is -2.29. The van der Waals surface area contributed by atoms with E-state index in [0.29, 0.717) is 30.0 Å². The number of aromatic hydroxyl groups is 1. The summed E-state index contributed by atoms with van der Waals surface area (Å²) in [5.41, 5.74) is 0.866. The van der Waals surface area contributed by atoms with Gasteiger partial charge in [0.05, 0.1) is 24.3 Å². The van der Waals surface area contributed by atoms with Crippen molar-refractivity contribution in [2.75, 3.05) is 32.9 Å². The number of benzene rings is 1. The van der Waals surface area contributed by atoms with Crippen molar-refractivity contribution in [3.8, 4) is 11.5 Å². The average molecular weight is 346 g/mol. The van der Waals surface area contributed by atoms with Gasteiger partial charge in [-0.25, -0.2) is 0 Å². The Morgan fingerprint density at radius 1 is 1.47 bits per heavy atom. The molecule has 0 spiro atoms. The first kappa shape index (κ1) is 14.6. The number of nitrogens with zero attached hydrogens (tertiary/aromatic N) is 1. The van der Waals surface area contributed by atoms with Crippen LogP contribution in [0, 0.1) is 0 Å². The molecule has 1 aliphatic heterocycles. The summed E-state index contributed by atoms with van der Waals surface area (Å²) < 4.78 is 11.3. The van der Waals surface area contributed by atoms with Gasteiger partial charge in [-0.05, 0) is 35.0 Å². The maximum atomic E-state index is 9.90. The van der Waals surface area contributed by atoms with E-state index < -0.39 is 0 Å². The van der Waals surface area contributed by atoms with Gasteiger partial charge >= 0.3 is 0 Å². The average Bonchev–Trinajstić information content (AvgIpc) is 2.44. The van der Waals surface area contributed by atoms with Crippen molar-refractivity contribution in [2.45, 2.75) is 6.92 Å². The van der Waals surface area contributed by atoms with E-state index in [9.17, 15) is 5.11 Å². The van der Waals surface area contributed by atoms with Gasteiger partial charge in [0.2, 0.25) is 0 Å². The fourth-order valence-corrected chi connectivity index (χ4v) is 2.65. The number of phenolic OH excluding ortho intramolecular Hbond substituents is 1. The number of rotatable bonds is 3. The molecular formula is C13H16BrNO3S. The van der Waals surface area contributed by atoms with Crippen LogP contribution in [-0.2, 0) is 4.74 Å². The van der Waals surface area contributed by atoms with Crippen molar-refractivity contribution in [3.05, 3.63) is 22.2 Å². The van der Waals surface area contributed by atoms with Crippen LogP contribution in [0.3, 0.4) is 0 Å². The highest BCUT2D eigenvalue weighted by atomic mass is 79.9. The van der Waals surface area contributed by atoms with E-state index in [-0.39, 0.29) is 5.75 Å². The number of thiocarbonyl (C=S) groups is 1. The van der Waals surface area contributed by atoms with E-state index in [1.54, 1.807) is 6.07 Å². The van der Waals surface area contributed by atoms with E-state index in [1.807, 2.05) is 13.0 Å². The highest BCUT2D eigenvalue weighted by Crippen LogP contribution is 2.36. The van der Waals surface area contributed by atoms with Gasteiger partial charge in [-0.1, -0.05) is 12.2 Å². The monoisotopic (exact) mass is 345 g/mol. The van der Waals surface area contributed by atoms with Crippen LogP contribution < -0.4 is 4.74 Å². The summed E-state index contributed by atoms with van der Waals surface area (Å²) in [6, 6.07) is 3.59. The SMILES string of the molecule is CCOc1cc(C(=S)N2CCOCC2)cc(Br)c1O. The Morgan fingerprint density at radius 2 is 2.16 bits per heavy atom. The van der Waals surface area contributed by atoms with E-state index in [2.05, 4.69) is 20.8 Å². The molecule has 1 aliphatic rings. The molecule has 0 amide bonds. The fraction of sp³-hybridized carbons (Fsp3) is 0.462. The number of morpholine rings is 1. The molecule has 4 nitrogen and oxygen atoms in total. The topological polar surface area (TPSA) is 41.9 Å². The molecular weight excluding hydrogens is 330 g/mol. The van der Waals surface area contributed by atoms with E-state index in [4.69, 9.17) is 21.7 Å². The third kappa shape index (κ3) is 3.38. The smallest absolute Gasteiger partial charge is 0.172 e. The van der Waals surface area contributed by atoms with Gasteiger partial charge in [-0.15, -0.1) is 0 Å². The summed E-state index contributed by atoms with van der Waals surface area (Å²) in [4.78, 5) is 2.86. The van der Waals surface area contributed by atoms with Gasteiger partial charge in [0.15, 0.2) is 11.5 Å². The lowest BCUT2D eigenvalue weighted by atomic mass is 10.2. The summed E-state index contributed by atoms with van der Waals surface area (Å²) in [5.74, 6) is 0.554. The van der Waals surface area contributed by atoms with Gasteiger partial charge in [-0.3, -0.25) is 0 Å². The largest absolute Gasteiger partial charge is 0.503 e. The highest BCUT2D eigenvalue weighted by molar-refractivity contribution is 9.10. The Hall–Kier alpha value is -0.850. The minimum Gasteiger partial charge on any atom is -0.503 e. The standard InChI is InChI=1S/C13H16BrNO3S/c1-2-18-11-8-9(7-10(14)12(11)16)13(19)15-3-5-17-6-4-15/h7-8,16H,2-6H2,1H3. The molecule has 0 saturated carbocycles. The Morgan fingerprint density at radius 3 is 2.79 bits per heavy atom. The molecule has 0 aromatic heterocycles. The van der Waals surface area contributed by atoms with Crippen LogP contribution in [-0.4, -0.2) is 47.9 Å². The van der Waals surface area contributed by atoms with E-state index >= 15 is 0 Å². The Bertz CT molecular complexity index is 475. The van der Waals surface area contributed by atoms with Crippen molar-refractivity contribution < 1.29 is 14.6 Å². The molecule has 0 bridgehead atoms. The molecule has 0 unspecified atom stereocenters. The summed E-state index contributed by atoms with van der Waals surface area (Å²) in [7, 11) is 0. The van der Waals surface area contributed by atoms with Crippen LogP contribution in [0.5, 0.6) is 11.5 Å². The second kappa shape index (κ2) is 6.54. The van der Waals surface area contributed by atoms with Gasteiger partial charge in [0, 0.05) is 18.7 Å². The van der Waals surface area contributed by atoms with E-state index in [0.717, 1.165) is 23.6 Å². The van der Waals surface area contributed by atoms with Crippen LogP contribution in [0.2, 0.25) is 0 Å². The number of hydrogen-bond acceptors (Lipinski definition) is 4. The predicted octanol–water partition coefficient (Wildman–Crippen LogP) is 2.56. The number of ether oxygens (including phenoxy) is 2.